The number of carbonyl (C=O) groups excluding carboxylic acids is 2. The van der Waals surface area contributed by atoms with E-state index in [9.17, 15) is 9.59 Å². The van der Waals surface area contributed by atoms with Gasteiger partial charge in [-0.3, -0.25) is 9.59 Å². The number of carbonyl (C=O) groups is 2. The molecule has 2 amide bonds. The summed E-state index contributed by atoms with van der Waals surface area (Å²) in [7, 11) is 1.54. The molecule has 0 saturated carbocycles. The Kier molecular flexibility index (Phi) is 5.41. The number of anilines is 3. The largest absolute Gasteiger partial charge is 0.444 e. The van der Waals surface area contributed by atoms with Gasteiger partial charge in [0.25, 0.3) is 11.8 Å². The van der Waals surface area contributed by atoms with Gasteiger partial charge in [-0.25, -0.2) is 9.97 Å². The molecule has 2 aliphatic rings. The van der Waals surface area contributed by atoms with Crippen molar-refractivity contribution in [3.63, 3.8) is 0 Å². The smallest absolute Gasteiger partial charge is 0.272 e. The van der Waals surface area contributed by atoms with E-state index in [4.69, 9.17) is 4.42 Å². The molecule has 10 nitrogen and oxygen atoms in total. The van der Waals surface area contributed by atoms with Crippen LogP contribution >= 0.6 is 0 Å². The normalized spacial score (nSPS) is 17.4. The lowest BCUT2D eigenvalue weighted by atomic mass is 10.1. The van der Waals surface area contributed by atoms with E-state index < -0.39 is 0 Å². The maximum absolute atomic E-state index is 13.6. The second-order valence-corrected chi connectivity index (χ2v) is 8.03. The minimum Gasteiger partial charge on any atom is -0.444 e. The number of fused-ring (bicyclic) bond motifs is 3. The SMILES string of the molecule is CCNc1ncc2c(n1)N1CCCC1CN(c1cccc(-c3nc(C(=O)NC)co3)c1)C2=O. The third-order valence-corrected chi connectivity index (χ3v) is 5.99. The maximum atomic E-state index is 13.6. The molecule has 0 spiro atoms. The third-order valence-electron chi connectivity index (χ3n) is 5.99. The van der Waals surface area contributed by atoms with Gasteiger partial charge in [0, 0.05) is 50.2 Å². The molecule has 1 fully saturated rings. The summed E-state index contributed by atoms with van der Waals surface area (Å²) in [6, 6.07) is 7.61. The van der Waals surface area contributed by atoms with Crippen LogP contribution in [0, 0.1) is 0 Å². The molecule has 0 radical (unpaired) electrons. The van der Waals surface area contributed by atoms with E-state index in [2.05, 4.69) is 30.5 Å². The summed E-state index contributed by atoms with van der Waals surface area (Å²) in [5, 5.41) is 5.66. The lowest BCUT2D eigenvalue weighted by molar-refractivity contribution is 0.0956. The number of aromatic nitrogens is 3. The van der Waals surface area contributed by atoms with Gasteiger partial charge in [0.2, 0.25) is 11.8 Å². The molecular weight excluding hydrogens is 422 g/mol. The number of hydrogen-bond acceptors (Lipinski definition) is 8. The summed E-state index contributed by atoms with van der Waals surface area (Å²) >= 11 is 0. The van der Waals surface area contributed by atoms with Crippen LogP contribution in [-0.4, -0.2) is 59.5 Å². The minimum absolute atomic E-state index is 0.141. The molecule has 4 heterocycles. The van der Waals surface area contributed by atoms with Crippen LogP contribution in [0.1, 0.15) is 40.6 Å². The topological polar surface area (TPSA) is 116 Å². The Morgan fingerprint density at radius 1 is 1.30 bits per heavy atom. The van der Waals surface area contributed by atoms with E-state index in [1.807, 2.05) is 31.2 Å². The first kappa shape index (κ1) is 20.9. The molecule has 3 aromatic rings. The number of nitrogens with zero attached hydrogens (tertiary/aromatic N) is 5. The molecule has 170 valence electrons. The van der Waals surface area contributed by atoms with Crippen LogP contribution < -0.4 is 20.4 Å². The van der Waals surface area contributed by atoms with Crippen LogP contribution in [0.4, 0.5) is 17.5 Å². The highest BCUT2D eigenvalue weighted by Gasteiger charge is 2.37. The summed E-state index contributed by atoms with van der Waals surface area (Å²) in [5.41, 5.74) is 2.10. The van der Waals surface area contributed by atoms with Crippen molar-refractivity contribution >= 4 is 29.3 Å². The van der Waals surface area contributed by atoms with Gasteiger partial charge in [-0.1, -0.05) is 6.07 Å². The van der Waals surface area contributed by atoms with Crippen molar-refractivity contribution in [3.05, 3.63) is 48.0 Å². The molecule has 2 aromatic heterocycles. The number of nitrogens with one attached hydrogen (secondary N) is 2. The standard InChI is InChI=1S/C23H25N7O3/c1-3-25-23-26-11-17-19(28-23)29-9-5-8-16(29)12-30(22(17)32)15-7-4-6-14(10-15)21-27-18(13-33-21)20(31)24-2/h4,6-7,10-11,13,16H,3,5,8-9,12H2,1-2H3,(H,24,31)(H,25,26,28). The Morgan fingerprint density at radius 2 is 2.18 bits per heavy atom. The highest BCUT2D eigenvalue weighted by atomic mass is 16.3. The van der Waals surface area contributed by atoms with E-state index in [0.29, 0.717) is 41.9 Å². The van der Waals surface area contributed by atoms with E-state index >= 15 is 0 Å². The average molecular weight is 447 g/mol. The number of oxazole rings is 1. The van der Waals surface area contributed by atoms with Crippen LogP contribution in [-0.2, 0) is 0 Å². The van der Waals surface area contributed by atoms with E-state index in [-0.39, 0.29) is 23.6 Å². The monoisotopic (exact) mass is 447 g/mol. The highest BCUT2D eigenvalue weighted by molar-refractivity contribution is 6.10. The fraction of sp³-hybridized carbons (Fsp3) is 0.348. The highest BCUT2D eigenvalue weighted by Crippen LogP contribution is 2.35. The quantitative estimate of drug-likeness (QED) is 0.613. The van der Waals surface area contributed by atoms with Crippen molar-refractivity contribution in [1.82, 2.24) is 20.3 Å². The van der Waals surface area contributed by atoms with Gasteiger partial charge in [-0.2, -0.15) is 4.98 Å². The van der Waals surface area contributed by atoms with Crippen molar-refractivity contribution in [2.24, 2.45) is 0 Å². The molecule has 5 rings (SSSR count). The fourth-order valence-corrected chi connectivity index (χ4v) is 4.40. The summed E-state index contributed by atoms with van der Waals surface area (Å²) in [5.74, 6) is 1.08. The molecule has 2 N–H and O–H groups in total. The predicted molar refractivity (Wildman–Crippen MR) is 124 cm³/mol. The summed E-state index contributed by atoms with van der Waals surface area (Å²) in [6.07, 6.45) is 4.97. The van der Waals surface area contributed by atoms with Crippen molar-refractivity contribution in [1.29, 1.82) is 0 Å². The molecule has 0 aliphatic carbocycles. The average Bonchev–Trinajstić information content (AvgIpc) is 3.50. The first-order valence-corrected chi connectivity index (χ1v) is 11.1. The zero-order valence-electron chi connectivity index (χ0n) is 18.5. The summed E-state index contributed by atoms with van der Waals surface area (Å²) in [6.45, 7) is 4.10. The van der Waals surface area contributed by atoms with Crippen LogP contribution in [0.15, 0.2) is 41.1 Å². The molecule has 1 aromatic carbocycles. The lowest BCUT2D eigenvalue weighted by Crippen LogP contribution is -2.39. The Balaban J connectivity index is 1.52. The minimum atomic E-state index is -0.321. The number of amides is 2. The van der Waals surface area contributed by atoms with Crippen molar-refractivity contribution in [2.45, 2.75) is 25.8 Å². The van der Waals surface area contributed by atoms with Gasteiger partial charge in [-0.05, 0) is 38.0 Å². The zero-order chi connectivity index (χ0) is 22.9. The van der Waals surface area contributed by atoms with Gasteiger partial charge < -0.3 is 24.9 Å². The molecule has 33 heavy (non-hydrogen) atoms. The van der Waals surface area contributed by atoms with Crippen molar-refractivity contribution in [2.75, 3.05) is 41.8 Å². The first-order valence-electron chi connectivity index (χ1n) is 11.1. The number of hydrogen-bond donors (Lipinski definition) is 2. The molecule has 10 heteroatoms. The van der Waals surface area contributed by atoms with E-state index in [1.54, 1.807) is 11.1 Å². The molecule has 1 unspecified atom stereocenters. The Morgan fingerprint density at radius 3 is 3.00 bits per heavy atom. The Hall–Kier alpha value is -3.95. The van der Waals surface area contributed by atoms with E-state index in [0.717, 1.165) is 25.1 Å². The van der Waals surface area contributed by atoms with Gasteiger partial charge in [-0.15, -0.1) is 0 Å². The molecular formula is C23H25N7O3. The predicted octanol–water partition coefficient (Wildman–Crippen LogP) is 2.55. The van der Waals surface area contributed by atoms with Crippen LogP contribution in [0.2, 0.25) is 0 Å². The maximum Gasteiger partial charge on any atom is 0.272 e. The molecule has 0 bridgehead atoms. The third kappa shape index (κ3) is 3.77. The second kappa shape index (κ2) is 8.53. The summed E-state index contributed by atoms with van der Waals surface area (Å²) < 4.78 is 5.52. The van der Waals surface area contributed by atoms with E-state index in [1.165, 1.54) is 13.3 Å². The number of benzene rings is 1. The fourth-order valence-electron chi connectivity index (χ4n) is 4.40. The van der Waals surface area contributed by atoms with Gasteiger partial charge in [0.05, 0.1) is 0 Å². The van der Waals surface area contributed by atoms with Crippen LogP contribution in [0.25, 0.3) is 11.5 Å². The van der Waals surface area contributed by atoms with Gasteiger partial charge in [0.15, 0.2) is 5.69 Å². The first-order chi connectivity index (χ1) is 16.1. The van der Waals surface area contributed by atoms with Crippen molar-refractivity contribution in [3.8, 4) is 11.5 Å². The van der Waals surface area contributed by atoms with Gasteiger partial charge in [0.1, 0.15) is 17.6 Å². The van der Waals surface area contributed by atoms with Crippen LogP contribution in [0.5, 0.6) is 0 Å². The second-order valence-electron chi connectivity index (χ2n) is 8.03. The van der Waals surface area contributed by atoms with Crippen molar-refractivity contribution < 1.29 is 14.0 Å². The Labute approximate surface area is 191 Å². The number of rotatable bonds is 5. The lowest BCUT2D eigenvalue weighted by Gasteiger charge is -2.27. The van der Waals surface area contributed by atoms with Crippen LogP contribution in [0.3, 0.4) is 0 Å². The summed E-state index contributed by atoms with van der Waals surface area (Å²) in [4.78, 5) is 42.8. The molecule has 1 saturated heterocycles. The van der Waals surface area contributed by atoms with Gasteiger partial charge >= 0.3 is 0 Å². The zero-order valence-corrected chi connectivity index (χ0v) is 18.5. The Bertz CT molecular complexity index is 1210. The molecule has 2 aliphatic heterocycles. The molecule has 1 atom stereocenters.